The van der Waals surface area contributed by atoms with E-state index in [1.54, 1.807) is 6.92 Å². The molecule has 1 saturated carbocycles. The summed E-state index contributed by atoms with van der Waals surface area (Å²) in [5.74, 6) is -2.07. The van der Waals surface area contributed by atoms with Crippen LogP contribution in [0.15, 0.2) is 42.5 Å². The highest BCUT2D eigenvalue weighted by molar-refractivity contribution is 5.97. The van der Waals surface area contributed by atoms with E-state index in [4.69, 9.17) is 0 Å². The van der Waals surface area contributed by atoms with Crippen molar-refractivity contribution in [3.8, 4) is 0 Å². The van der Waals surface area contributed by atoms with Crippen molar-refractivity contribution in [3.63, 3.8) is 0 Å². The molecule has 1 N–H and O–H groups in total. The Morgan fingerprint density at radius 2 is 1.70 bits per heavy atom. The van der Waals surface area contributed by atoms with E-state index in [2.05, 4.69) is 5.32 Å². The van der Waals surface area contributed by atoms with E-state index >= 15 is 0 Å². The molecular weight excluding hydrogens is 296 g/mol. The first-order valence-corrected chi connectivity index (χ1v) is 7.64. The molecule has 1 aliphatic carbocycles. The summed E-state index contributed by atoms with van der Waals surface area (Å²) in [4.78, 5) is 12.6. The van der Waals surface area contributed by atoms with Gasteiger partial charge in [0.05, 0.1) is 5.92 Å². The fourth-order valence-corrected chi connectivity index (χ4v) is 3.40. The third-order valence-corrected chi connectivity index (χ3v) is 4.79. The van der Waals surface area contributed by atoms with E-state index in [-0.39, 0.29) is 23.2 Å². The van der Waals surface area contributed by atoms with Crippen LogP contribution in [0, 0.1) is 29.9 Å². The Hall–Kier alpha value is -2.23. The molecule has 0 aromatic heterocycles. The summed E-state index contributed by atoms with van der Waals surface area (Å²) in [6.07, 6.45) is 0. The van der Waals surface area contributed by atoms with E-state index in [9.17, 15) is 13.6 Å². The quantitative estimate of drug-likeness (QED) is 0.877. The summed E-state index contributed by atoms with van der Waals surface area (Å²) in [6.45, 7) is 5.74. The molecular formula is C19H19F2NO. The van der Waals surface area contributed by atoms with Gasteiger partial charge >= 0.3 is 0 Å². The molecule has 4 heteroatoms. The number of aryl methyl sites for hydroxylation is 1. The van der Waals surface area contributed by atoms with Crippen molar-refractivity contribution in [3.05, 3.63) is 65.2 Å². The Morgan fingerprint density at radius 3 is 2.35 bits per heavy atom. The number of carbonyl (C=O) groups is 1. The zero-order chi connectivity index (χ0) is 16.8. The molecule has 0 radical (unpaired) electrons. The molecule has 0 unspecified atom stereocenters. The van der Waals surface area contributed by atoms with Crippen LogP contribution in [-0.2, 0) is 4.79 Å². The van der Waals surface area contributed by atoms with Gasteiger partial charge in [0, 0.05) is 17.7 Å². The lowest BCUT2D eigenvalue weighted by Gasteiger charge is -2.09. The number of amides is 1. The van der Waals surface area contributed by atoms with Gasteiger partial charge in [0.15, 0.2) is 11.6 Å². The lowest BCUT2D eigenvalue weighted by atomic mass is 10.0. The van der Waals surface area contributed by atoms with E-state index < -0.39 is 11.6 Å². The molecule has 0 bridgehead atoms. The Balaban J connectivity index is 1.81. The summed E-state index contributed by atoms with van der Waals surface area (Å²) < 4.78 is 26.6. The van der Waals surface area contributed by atoms with Crippen LogP contribution in [0.3, 0.4) is 0 Å². The Kier molecular flexibility index (Phi) is 3.71. The second-order valence-electron chi connectivity index (χ2n) is 6.76. The molecule has 1 fully saturated rings. The first-order valence-electron chi connectivity index (χ1n) is 7.64. The standard InChI is InChI=1S/C19H19F2NO/c1-11-9-13(20)14(21)10-15(11)22-18(23)17-16(19(17,2)3)12-7-5-4-6-8-12/h4-10,16-17H,1-3H3,(H,22,23)/t16-,17+/m0/s1. The largest absolute Gasteiger partial charge is 0.325 e. The van der Waals surface area contributed by atoms with Gasteiger partial charge in [-0.3, -0.25) is 4.79 Å². The molecule has 120 valence electrons. The number of rotatable bonds is 3. The van der Waals surface area contributed by atoms with Crippen molar-refractivity contribution in [2.75, 3.05) is 5.32 Å². The molecule has 3 rings (SSSR count). The number of anilines is 1. The van der Waals surface area contributed by atoms with Crippen LogP contribution in [0.4, 0.5) is 14.5 Å². The molecule has 0 spiro atoms. The average Bonchev–Trinajstić information content (AvgIpc) is 3.08. The predicted octanol–water partition coefficient (Wildman–Crippen LogP) is 4.65. The summed E-state index contributed by atoms with van der Waals surface area (Å²) in [7, 11) is 0. The molecule has 1 amide bonds. The van der Waals surface area contributed by atoms with Crippen molar-refractivity contribution in [2.24, 2.45) is 11.3 Å². The monoisotopic (exact) mass is 315 g/mol. The van der Waals surface area contributed by atoms with Gasteiger partial charge in [-0.05, 0) is 29.5 Å². The fraction of sp³-hybridized carbons (Fsp3) is 0.316. The maximum absolute atomic E-state index is 13.4. The molecule has 23 heavy (non-hydrogen) atoms. The SMILES string of the molecule is Cc1cc(F)c(F)cc1NC(=O)[C@H]1[C@H](c2ccccc2)C1(C)C. The highest BCUT2D eigenvalue weighted by atomic mass is 19.2. The summed E-state index contributed by atoms with van der Waals surface area (Å²) in [5, 5.41) is 2.75. The normalized spacial score (nSPS) is 21.8. The highest BCUT2D eigenvalue weighted by Gasteiger charge is 2.62. The lowest BCUT2D eigenvalue weighted by Crippen LogP contribution is -2.17. The van der Waals surface area contributed by atoms with Crippen molar-refractivity contribution in [1.82, 2.24) is 0 Å². The first kappa shape index (κ1) is 15.7. The molecule has 2 atom stereocenters. The molecule has 2 aromatic carbocycles. The second kappa shape index (κ2) is 5.44. The van der Waals surface area contributed by atoms with Gasteiger partial charge in [-0.1, -0.05) is 44.2 Å². The number of benzene rings is 2. The van der Waals surface area contributed by atoms with Crippen LogP contribution in [0.5, 0.6) is 0 Å². The van der Waals surface area contributed by atoms with Crippen LogP contribution < -0.4 is 5.32 Å². The zero-order valence-electron chi connectivity index (χ0n) is 13.4. The third kappa shape index (κ3) is 2.74. The van der Waals surface area contributed by atoms with Crippen LogP contribution >= 0.6 is 0 Å². The van der Waals surface area contributed by atoms with Crippen molar-refractivity contribution in [2.45, 2.75) is 26.7 Å². The number of hydrogen-bond donors (Lipinski definition) is 1. The highest BCUT2D eigenvalue weighted by Crippen LogP contribution is 2.64. The maximum atomic E-state index is 13.4. The van der Waals surface area contributed by atoms with E-state index in [1.165, 1.54) is 0 Å². The number of carbonyl (C=O) groups excluding carboxylic acids is 1. The topological polar surface area (TPSA) is 29.1 Å². The van der Waals surface area contributed by atoms with E-state index in [0.29, 0.717) is 11.3 Å². The Bertz CT molecular complexity index is 755. The minimum absolute atomic E-state index is 0.134. The van der Waals surface area contributed by atoms with Crippen LogP contribution in [0.25, 0.3) is 0 Å². The molecule has 0 aliphatic heterocycles. The molecule has 2 aromatic rings. The zero-order valence-corrected chi connectivity index (χ0v) is 13.4. The Morgan fingerprint density at radius 1 is 1.09 bits per heavy atom. The summed E-state index contributed by atoms with van der Waals surface area (Å²) in [5.41, 5.74) is 1.80. The van der Waals surface area contributed by atoms with Gasteiger partial charge < -0.3 is 5.32 Å². The van der Waals surface area contributed by atoms with Gasteiger partial charge in [0.2, 0.25) is 5.91 Å². The predicted molar refractivity (Wildman–Crippen MR) is 86.2 cm³/mol. The molecule has 1 aliphatic rings. The average molecular weight is 315 g/mol. The number of hydrogen-bond acceptors (Lipinski definition) is 1. The van der Waals surface area contributed by atoms with Gasteiger partial charge in [-0.25, -0.2) is 8.78 Å². The first-order chi connectivity index (χ1) is 10.8. The van der Waals surface area contributed by atoms with Gasteiger partial charge in [0.25, 0.3) is 0 Å². The minimum Gasteiger partial charge on any atom is -0.325 e. The van der Waals surface area contributed by atoms with E-state index in [1.807, 2.05) is 44.2 Å². The maximum Gasteiger partial charge on any atom is 0.228 e. The van der Waals surface area contributed by atoms with E-state index in [0.717, 1.165) is 17.7 Å². The number of nitrogens with one attached hydrogen (secondary N) is 1. The second-order valence-corrected chi connectivity index (χ2v) is 6.76. The van der Waals surface area contributed by atoms with Crippen LogP contribution in [0.2, 0.25) is 0 Å². The Labute approximate surface area is 134 Å². The van der Waals surface area contributed by atoms with Gasteiger partial charge in [-0.15, -0.1) is 0 Å². The molecule has 0 saturated heterocycles. The van der Waals surface area contributed by atoms with Crippen molar-refractivity contribution in [1.29, 1.82) is 0 Å². The van der Waals surface area contributed by atoms with Crippen LogP contribution in [-0.4, -0.2) is 5.91 Å². The van der Waals surface area contributed by atoms with Gasteiger partial charge in [0.1, 0.15) is 0 Å². The molecule has 0 heterocycles. The number of halogens is 2. The molecule has 2 nitrogen and oxygen atoms in total. The third-order valence-electron chi connectivity index (χ3n) is 4.79. The summed E-state index contributed by atoms with van der Waals surface area (Å²) in [6, 6.07) is 12.0. The minimum atomic E-state index is -0.958. The van der Waals surface area contributed by atoms with Crippen LogP contribution in [0.1, 0.15) is 30.9 Å². The van der Waals surface area contributed by atoms with Gasteiger partial charge in [-0.2, -0.15) is 0 Å². The van der Waals surface area contributed by atoms with Crippen molar-refractivity contribution >= 4 is 11.6 Å². The lowest BCUT2D eigenvalue weighted by molar-refractivity contribution is -0.118. The summed E-state index contributed by atoms with van der Waals surface area (Å²) >= 11 is 0. The smallest absolute Gasteiger partial charge is 0.228 e. The fourth-order valence-electron chi connectivity index (χ4n) is 3.40. The van der Waals surface area contributed by atoms with Crippen molar-refractivity contribution < 1.29 is 13.6 Å².